The topological polar surface area (TPSA) is 77.4 Å². The molecule has 35 heavy (non-hydrogen) atoms. The number of hydrogen-bond acceptors (Lipinski definition) is 6. The molecule has 0 heterocycles. The molecule has 0 aromatic heterocycles. The van der Waals surface area contributed by atoms with Crippen molar-refractivity contribution in [1.82, 2.24) is 0 Å². The van der Waals surface area contributed by atoms with E-state index in [1.54, 1.807) is 24.3 Å². The van der Waals surface area contributed by atoms with Crippen molar-refractivity contribution < 1.29 is 29.2 Å². The van der Waals surface area contributed by atoms with E-state index in [0.717, 1.165) is 0 Å². The third-order valence-electron chi connectivity index (χ3n) is 5.84. The fraction of sp³-hybridized carbons (Fsp3) is 0.379. The van der Waals surface area contributed by atoms with Crippen LogP contribution in [0.4, 0.5) is 0 Å². The van der Waals surface area contributed by atoms with E-state index in [-0.39, 0.29) is 31.8 Å². The van der Waals surface area contributed by atoms with Crippen molar-refractivity contribution in [2.24, 2.45) is 0 Å². The molecule has 0 saturated carbocycles. The van der Waals surface area contributed by atoms with Crippen molar-refractivity contribution in [3.8, 4) is 17.2 Å². The van der Waals surface area contributed by atoms with Gasteiger partial charge in [-0.25, -0.2) is 0 Å². The lowest BCUT2D eigenvalue weighted by Crippen LogP contribution is -2.25. The Morgan fingerprint density at radius 1 is 0.657 bits per heavy atom. The van der Waals surface area contributed by atoms with Crippen molar-refractivity contribution >= 4 is 0 Å². The van der Waals surface area contributed by atoms with Gasteiger partial charge in [-0.2, -0.15) is 0 Å². The minimum absolute atomic E-state index is 0.0777. The lowest BCUT2D eigenvalue weighted by molar-refractivity contribution is 0.0324. The first-order valence-corrected chi connectivity index (χ1v) is 11.8. The Labute approximate surface area is 208 Å². The Morgan fingerprint density at radius 2 is 1.11 bits per heavy atom. The number of aliphatic hydroxyl groups excluding tert-OH is 2. The lowest BCUT2D eigenvalue weighted by Gasteiger charge is -2.26. The van der Waals surface area contributed by atoms with Crippen LogP contribution >= 0.6 is 0 Å². The minimum Gasteiger partial charge on any atom is -0.491 e. The average Bonchev–Trinajstić information content (AvgIpc) is 2.86. The molecule has 0 aliphatic rings. The summed E-state index contributed by atoms with van der Waals surface area (Å²) in [5.41, 5.74) is 3.56. The monoisotopic (exact) mass is 480 g/mol. The standard InChI is InChI=1S/C29H36O6/c1-21-8-10-22(11-9-21)29(2,3)23-12-14-26(15-13-23)33-19-25(31)20-35-28-7-5-6-27(16-28)34-18-24(30)17-32-4/h5-16,24-25,30-31H,17-20H2,1-4H3. The predicted octanol–water partition coefficient (Wildman–Crippen LogP) is 4.53. The second kappa shape index (κ2) is 12.6. The number of hydrogen-bond donors (Lipinski definition) is 2. The van der Waals surface area contributed by atoms with Gasteiger partial charge in [-0.15, -0.1) is 0 Å². The van der Waals surface area contributed by atoms with Gasteiger partial charge in [0.1, 0.15) is 49.3 Å². The van der Waals surface area contributed by atoms with Gasteiger partial charge in [0.05, 0.1) is 6.61 Å². The molecule has 6 heteroatoms. The second-order valence-electron chi connectivity index (χ2n) is 9.19. The summed E-state index contributed by atoms with van der Waals surface area (Å²) in [7, 11) is 1.52. The molecule has 3 aromatic carbocycles. The van der Waals surface area contributed by atoms with Gasteiger partial charge in [0.15, 0.2) is 0 Å². The van der Waals surface area contributed by atoms with E-state index in [4.69, 9.17) is 18.9 Å². The van der Waals surface area contributed by atoms with Gasteiger partial charge < -0.3 is 29.2 Å². The Hall–Kier alpha value is -3.06. The molecule has 2 unspecified atom stereocenters. The number of rotatable bonds is 13. The van der Waals surface area contributed by atoms with Crippen molar-refractivity contribution in [3.63, 3.8) is 0 Å². The summed E-state index contributed by atoms with van der Waals surface area (Å²) in [6.45, 7) is 7.01. The van der Waals surface area contributed by atoms with Gasteiger partial charge in [-0.1, -0.05) is 61.9 Å². The highest BCUT2D eigenvalue weighted by Gasteiger charge is 2.23. The third kappa shape index (κ3) is 7.99. The summed E-state index contributed by atoms with van der Waals surface area (Å²) in [5, 5.41) is 20.0. The van der Waals surface area contributed by atoms with Crippen LogP contribution in [-0.4, -0.2) is 56.0 Å². The van der Waals surface area contributed by atoms with Crippen LogP contribution in [0.1, 0.15) is 30.5 Å². The first-order chi connectivity index (χ1) is 16.8. The molecule has 0 saturated heterocycles. The van der Waals surface area contributed by atoms with E-state index in [0.29, 0.717) is 17.2 Å². The molecule has 0 bridgehead atoms. The molecule has 0 radical (unpaired) electrons. The van der Waals surface area contributed by atoms with Crippen LogP contribution in [0, 0.1) is 6.92 Å². The van der Waals surface area contributed by atoms with Gasteiger partial charge in [0.2, 0.25) is 0 Å². The normalized spacial score (nSPS) is 13.2. The first-order valence-electron chi connectivity index (χ1n) is 11.8. The van der Waals surface area contributed by atoms with E-state index in [1.807, 2.05) is 12.1 Å². The third-order valence-corrected chi connectivity index (χ3v) is 5.84. The number of benzene rings is 3. The molecule has 3 aromatic rings. The number of ether oxygens (including phenoxy) is 4. The molecule has 3 rings (SSSR count). The molecule has 2 atom stereocenters. The van der Waals surface area contributed by atoms with Crippen LogP contribution in [-0.2, 0) is 10.2 Å². The van der Waals surface area contributed by atoms with Crippen LogP contribution < -0.4 is 14.2 Å². The largest absolute Gasteiger partial charge is 0.491 e. The second-order valence-corrected chi connectivity index (χ2v) is 9.19. The molecule has 0 aliphatic carbocycles. The molecule has 2 N–H and O–H groups in total. The van der Waals surface area contributed by atoms with Gasteiger partial charge in [0, 0.05) is 18.6 Å². The zero-order chi connectivity index (χ0) is 25.3. The predicted molar refractivity (Wildman–Crippen MR) is 137 cm³/mol. The smallest absolute Gasteiger partial charge is 0.123 e. The fourth-order valence-electron chi connectivity index (χ4n) is 3.62. The molecule has 0 aliphatic heterocycles. The van der Waals surface area contributed by atoms with E-state index in [1.165, 1.54) is 23.8 Å². The SMILES string of the molecule is COCC(O)COc1cccc(OCC(O)COc2ccc(C(C)(C)c3ccc(C)cc3)cc2)c1. The molecule has 188 valence electrons. The summed E-state index contributed by atoms with van der Waals surface area (Å²) in [5.74, 6) is 1.82. The quantitative estimate of drug-likeness (QED) is 0.374. The highest BCUT2D eigenvalue weighted by molar-refractivity contribution is 5.40. The van der Waals surface area contributed by atoms with E-state index >= 15 is 0 Å². The lowest BCUT2D eigenvalue weighted by atomic mass is 9.78. The summed E-state index contributed by atoms with van der Waals surface area (Å²) in [6, 6.07) is 23.6. The van der Waals surface area contributed by atoms with Crippen LogP contribution in [0.2, 0.25) is 0 Å². The van der Waals surface area contributed by atoms with Crippen molar-refractivity contribution in [1.29, 1.82) is 0 Å². The van der Waals surface area contributed by atoms with Crippen LogP contribution in [0.3, 0.4) is 0 Å². The number of methoxy groups -OCH3 is 1. The number of aryl methyl sites for hydroxylation is 1. The van der Waals surface area contributed by atoms with E-state index in [2.05, 4.69) is 57.2 Å². The van der Waals surface area contributed by atoms with E-state index < -0.39 is 12.2 Å². The zero-order valence-corrected chi connectivity index (χ0v) is 20.9. The maximum Gasteiger partial charge on any atom is 0.123 e. The molecule has 6 nitrogen and oxygen atoms in total. The molecule has 0 amide bonds. The number of aliphatic hydroxyl groups is 2. The van der Waals surface area contributed by atoms with Crippen molar-refractivity contribution in [2.45, 2.75) is 38.4 Å². The summed E-state index contributed by atoms with van der Waals surface area (Å²) in [6.07, 6.45) is -1.50. The minimum atomic E-state index is -0.799. The van der Waals surface area contributed by atoms with E-state index in [9.17, 15) is 10.2 Å². The van der Waals surface area contributed by atoms with Gasteiger partial charge in [0.25, 0.3) is 0 Å². The zero-order valence-electron chi connectivity index (χ0n) is 20.9. The van der Waals surface area contributed by atoms with Crippen molar-refractivity contribution in [2.75, 3.05) is 33.5 Å². The van der Waals surface area contributed by atoms with Crippen LogP contribution in [0.15, 0.2) is 72.8 Å². The Balaban J connectivity index is 1.46. The highest BCUT2D eigenvalue weighted by Crippen LogP contribution is 2.32. The van der Waals surface area contributed by atoms with Gasteiger partial charge in [-0.05, 0) is 42.3 Å². The maximum atomic E-state index is 10.3. The fourth-order valence-corrected chi connectivity index (χ4v) is 3.62. The summed E-state index contributed by atoms with van der Waals surface area (Å²) >= 11 is 0. The van der Waals surface area contributed by atoms with Gasteiger partial charge >= 0.3 is 0 Å². The van der Waals surface area contributed by atoms with Crippen LogP contribution in [0.25, 0.3) is 0 Å². The van der Waals surface area contributed by atoms with Gasteiger partial charge in [-0.3, -0.25) is 0 Å². The van der Waals surface area contributed by atoms with Crippen LogP contribution in [0.5, 0.6) is 17.2 Å². The average molecular weight is 481 g/mol. The molecule has 0 fully saturated rings. The van der Waals surface area contributed by atoms with Crippen molar-refractivity contribution in [3.05, 3.63) is 89.5 Å². The Bertz CT molecular complexity index is 1030. The molecular formula is C29H36O6. The summed E-state index contributed by atoms with van der Waals surface area (Å²) < 4.78 is 21.9. The summed E-state index contributed by atoms with van der Waals surface area (Å²) in [4.78, 5) is 0. The highest BCUT2D eigenvalue weighted by atomic mass is 16.5. The Morgan fingerprint density at radius 3 is 1.63 bits per heavy atom. The molecular weight excluding hydrogens is 444 g/mol. The maximum absolute atomic E-state index is 10.3. The Kier molecular flexibility index (Phi) is 9.55. The first kappa shape index (κ1) is 26.5. The molecule has 0 spiro atoms.